The molecule has 0 aromatic heterocycles. The summed E-state index contributed by atoms with van der Waals surface area (Å²) in [4.78, 5) is 0. The molecule has 0 aromatic carbocycles. The second kappa shape index (κ2) is 9.58. The first-order valence-corrected chi connectivity index (χ1v) is 9.58. The molecule has 6 nitrogen and oxygen atoms in total. The van der Waals surface area contributed by atoms with Crippen LogP contribution in [0, 0.1) is 0 Å². The quantitative estimate of drug-likeness (QED) is 0.713. The SMILES string of the molecule is CN(C)S(F)(N(C)C)N(C)C.CN(C)S(F)(N(C)C)N(C)C. The summed E-state index contributed by atoms with van der Waals surface area (Å²) < 4.78 is 37.7. The Bertz CT molecular complexity index is 240. The first kappa shape index (κ1) is 24.6. The molecule has 0 atom stereocenters. The van der Waals surface area contributed by atoms with Gasteiger partial charge in [-0.15, -0.1) is 7.77 Å². The molecule has 0 aliphatic heterocycles. The van der Waals surface area contributed by atoms with Crippen LogP contribution in [0.3, 0.4) is 0 Å². The zero-order valence-corrected chi connectivity index (χ0v) is 17.9. The van der Waals surface area contributed by atoms with Crippen molar-refractivity contribution in [3.05, 3.63) is 0 Å². The molecule has 22 heavy (non-hydrogen) atoms. The first-order chi connectivity index (χ1) is 9.66. The van der Waals surface area contributed by atoms with E-state index in [0.29, 0.717) is 0 Å². The van der Waals surface area contributed by atoms with E-state index < -0.39 is 21.9 Å². The van der Waals surface area contributed by atoms with E-state index in [9.17, 15) is 7.77 Å². The monoisotopic (exact) mass is 366 g/mol. The molecular formula is C12H36F2N6S2. The lowest BCUT2D eigenvalue weighted by Crippen LogP contribution is -2.37. The van der Waals surface area contributed by atoms with Gasteiger partial charge in [0.2, 0.25) is 0 Å². The van der Waals surface area contributed by atoms with Gasteiger partial charge in [-0.05, 0) is 0 Å². The fraction of sp³-hybridized carbons (Fsp3) is 1.00. The summed E-state index contributed by atoms with van der Waals surface area (Å²) in [5, 5.41) is 0. The Labute approximate surface area is 140 Å². The predicted octanol–water partition coefficient (Wildman–Crippen LogP) is 2.21. The summed E-state index contributed by atoms with van der Waals surface area (Å²) in [5.41, 5.74) is 0. The van der Waals surface area contributed by atoms with Gasteiger partial charge in [0.05, 0.1) is 21.9 Å². The highest BCUT2D eigenvalue weighted by atomic mass is 32.3. The average molecular weight is 367 g/mol. The van der Waals surface area contributed by atoms with Crippen LogP contribution in [0.4, 0.5) is 7.77 Å². The summed E-state index contributed by atoms with van der Waals surface area (Å²) >= 11 is 0. The third-order valence-corrected chi connectivity index (χ3v) is 8.36. The van der Waals surface area contributed by atoms with E-state index >= 15 is 0 Å². The fourth-order valence-electron chi connectivity index (χ4n) is 1.96. The van der Waals surface area contributed by atoms with Gasteiger partial charge < -0.3 is 0 Å². The van der Waals surface area contributed by atoms with Gasteiger partial charge in [-0.3, -0.25) is 0 Å². The largest absolute Gasteiger partial charge is 0.226 e. The minimum Gasteiger partial charge on any atom is -0.226 e. The first-order valence-electron chi connectivity index (χ1n) is 6.77. The van der Waals surface area contributed by atoms with Gasteiger partial charge in [-0.1, -0.05) is 0 Å². The molecular weight excluding hydrogens is 330 g/mol. The minimum atomic E-state index is -2.39. The minimum absolute atomic E-state index is 1.60. The maximum Gasteiger partial charge on any atom is 0.0895 e. The van der Waals surface area contributed by atoms with Crippen molar-refractivity contribution in [3.8, 4) is 0 Å². The molecule has 0 aromatic rings. The Morgan fingerprint density at radius 3 is 0.455 bits per heavy atom. The molecule has 0 amide bonds. The van der Waals surface area contributed by atoms with Crippen molar-refractivity contribution in [3.63, 3.8) is 0 Å². The van der Waals surface area contributed by atoms with Crippen molar-refractivity contribution in [2.75, 3.05) is 84.6 Å². The molecule has 0 aliphatic rings. The van der Waals surface area contributed by atoms with E-state index in [4.69, 9.17) is 0 Å². The molecule has 0 heterocycles. The van der Waals surface area contributed by atoms with Crippen molar-refractivity contribution < 1.29 is 7.77 Å². The number of hydrogen-bond donors (Lipinski definition) is 0. The van der Waals surface area contributed by atoms with Crippen LogP contribution < -0.4 is 0 Å². The lowest BCUT2D eigenvalue weighted by atomic mass is 11.2. The van der Waals surface area contributed by atoms with Crippen LogP contribution in [-0.4, -0.2) is 110 Å². The lowest BCUT2D eigenvalue weighted by Gasteiger charge is -2.46. The van der Waals surface area contributed by atoms with E-state index in [1.54, 1.807) is 110 Å². The summed E-state index contributed by atoms with van der Waals surface area (Å²) in [5.74, 6) is 0. The number of rotatable bonds is 6. The fourth-order valence-corrected chi connectivity index (χ4v) is 5.88. The highest BCUT2D eigenvalue weighted by molar-refractivity contribution is 8.23. The van der Waals surface area contributed by atoms with Crippen molar-refractivity contribution in [1.82, 2.24) is 25.8 Å². The Morgan fingerprint density at radius 1 is 0.364 bits per heavy atom. The van der Waals surface area contributed by atoms with Gasteiger partial charge in [0, 0.05) is 84.6 Å². The van der Waals surface area contributed by atoms with Gasteiger partial charge in [0.25, 0.3) is 0 Å². The molecule has 0 spiro atoms. The third kappa shape index (κ3) is 5.75. The molecule has 0 fully saturated rings. The predicted molar refractivity (Wildman–Crippen MR) is 99.5 cm³/mol. The highest BCUT2D eigenvalue weighted by Crippen LogP contribution is 2.55. The Morgan fingerprint density at radius 2 is 0.455 bits per heavy atom. The Balaban J connectivity index is 0. The van der Waals surface area contributed by atoms with Crippen LogP contribution in [0.1, 0.15) is 0 Å². The topological polar surface area (TPSA) is 19.4 Å². The summed E-state index contributed by atoms with van der Waals surface area (Å²) in [6.45, 7) is 0. The van der Waals surface area contributed by atoms with Gasteiger partial charge in [0.15, 0.2) is 0 Å². The van der Waals surface area contributed by atoms with Crippen molar-refractivity contribution >= 4 is 21.9 Å². The molecule has 0 unspecified atom stereocenters. The molecule has 0 aliphatic carbocycles. The average Bonchev–Trinajstić information content (AvgIpc) is 2.35. The summed E-state index contributed by atoms with van der Waals surface area (Å²) in [7, 11) is 16.2. The van der Waals surface area contributed by atoms with Crippen LogP contribution in [-0.2, 0) is 0 Å². The van der Waals surface area contributed by atoms with Crippen LogP contribution in [0.2, 0.25) is 0 Å². The Kier molecular flexibility index (Phi) is 10.7. The maximum atomic E-state index is 14.0. The van der Waals surface area contributed by atoms with E-state index in [-0.39, 0.29) is 0 Å². The Hall–Kier alpha value is 0.320. The lowest BCUT2D eigenvalue weighted by molar-refractivity contribution is 0.443. The summed E-state index contributed by atoms with van der Waals surface area (Å²) in [6, 6.07) is 0. The van der Waals surface area contributed by atoms with Gasteiger partial charge in [0.1, 0.15) is 0 Å². The standard InChI is InChI=1S/2C6H18FN3S/c2*1-8(2)11(7,9(3)4)10(5)6/h2*1-6H3. The third-order valence-electron chi connectivity index (χ3n) is 2.79. The smallest absolute Gasteiger partial charge is 0.0895 e. The van der Waals surface area contributed by atoms with Gasteiger partial charge in [-0.25, -0.2) is 25.8 Å². The number of hydrogen-bond acceptors (Lipinski definition) is 6. The van der Waals surface area contributed by atoms with E-state index in [1.165, 1.54) is 0 Å². The number of nitrogens with zero attached hydrogens (tertiary/aromatic N) is 6. The molecule has 0 bridgehead atoms. The molecule has 0 saturated heterocycles. The van der Waals surface area contributed by atoms with E-state index in [2.05, 4.69) is 0 Å². The van der Waals surface area contributed by atoms with E-state index in [1.807, 2.05) is 0 Å². The molecule has 0 radical (unpaired) electrons. The number of halogens is 2. The van der Waals surface area contributed by atoms with Gasteiger partial charge in [-0.2, -0.15) is 0 Å². The zero-order chi connectivity index (χ0) is 18.5. The second-order valence-electron chi connectivity index (χ2n) is 5.78. The highest BCUT2D eigenvalue weighted by Gasteiger charge is 2.32. The van der Waals surface area contributed by atoms with Crippen molar-refractivity contribution in [2.45, 2.75) is 0 Å². The van der Waals surface area contributed by atoms with Crippen molar-refractivity contribution in [2.24, 2.45) is 0 Å². The second-order valence-corrected chi connectivity index (χ2v) is 12.0. The van der Waals surface area contributed by atoms with Crippen molar-refractivity contribution in [1.29, 1.82) is 0 Å². The summed E-state index contributed by atoms with van der Waals surface area (Å²) in [6.07, 6.45) is 0. The molecule has 0 saturated carbocycles. The van der Waals surface area contributed by atoms with Crippen LogP contribution >= 0.6 is 21.9 Å². The maximum absolute atomic E-state index is 14.0. The molecule has 140 valence electrons. The van der Waals surface area contributed by atoms with E-state index in [0.717, 1.165) is 0 Å². The van der Waals surface area contributed by atoms with Gasteiger partial charge >= 0.3 is 0 Å². The van der Waals surface area contributed by atoms with Crippen LogP contribution in [0.25, 0.3) is 0 Å². The molecule has 0 rings (SSSR count). The normalized spacial score (nSPS) is 15.1. The molecule has 0 N–H and O–H groups in total. The molecule has 10 heteroatoms. The van der Waals surface area contributed by atoms with Crippen LogP contribution in [0.5, 0.6) is 0 Å². The van der Waals surface area contributed by atoms with Crippen LogP contribution in [0.15, 0.2) is 0 Å². The zero-order valence-electron chi connectivity index (χ0n) is 16.3.